The number of hydrogen-bond acceptors (Lipinski definition) is 4. The van der Waals surface area contributed by atoms with Crippen molar-refractivity contribution in [3.05, 3.63) is 42.0 Å². The fraction of sp³-hybridized carbons (Fsp3) is 0.429. The second-order valence-corrected chi connectivity index (χ2v) is 7.56. The molecule has 1 aliphatic rings. The number of fused-ring (bicyclic) bond motifs is 1. The molecule has 3 rings (SSSR count). The van der Waals surface area contributed by atoms with Crippen molar-refractivity contribution in [1.29, 1.82) is 0 Å². The van der Waals surface area contributed by atoms with E-state index in [1.165, 1.54) is 0 Å². The zero-order valence-corrected chi connectivity index (χ0v) is 15.7. The fourth-order valence-corrected chi connectivity index (χ4v) is 3.81. The number of amides is 1. The molecular formula is C21H26N2O4. The SMILES string of the molecule is C[C@@H](OC1(C)CCCC1)[C@H](NC(=O)c1cc2ccccc2cc1N)C(=O)O. The Morgan fingerprint density at radius 1 is 1.19 bits per heavy atom. The van der Waals surface area contributed by atoms with Crippen LogP contribution in [-0.2, 0) is 9.53 Å². The maximum Gasteiger partial charge on any atom is 0.328 e. The number of hydrogen-bond donors (Lipinski definition) is 3. The van der Waals surface area contributed by atoms with E-state index in [9.17, 15) is 14.7 Å². The standard InChI is InChI=1S/C21H26N2O4/c1-13(27-21(2)9-5-6-10-21)18(20(25)26)23-19(24)16-11-14-7-3-4-8-15(14)12-17(16)22/h3-4,7-8,11-13,18H,5-6,9-10,22H2,1-2H3,(H,23,24)(H,25,26)/t13-,18+/m1/s1. The van der Waals surface area contributed by atoms with Crippen molar-refractivity contribution in [2.75, 3.05) is 5.73 Å². The van der Waals surface area contributed by atoms with Crippen molar-refractivity contribution in [2.45, 2.75) is 57.3 Å². The van der Waals surface area contributed by atoms with Crippen LogP contribution < -0.4 is 11.1 Å². The quantitative estimate of drug-likeness (QED) is 0.677. The Kier molecular flexibility index (Phi) is 5.37. The van der Waals surface area contributed by atoms with E-state index in [2.05, 4.69) is 5.32 Å². The van der Waals surface area contributed by atoms with Crippen LogP contribution in [-0.4, -0.2) is 34.7 Å². The molecule has 4 N–H and O–H groups in total. The first-order valence-electron chi connectivity index (χ1n) is 9.29. The molecule has 0 radical (unpaired) electrons. The van der Waals surface area contributed by atoms with Crippen LogP contribution in [0.3, 0.4) is 0 Å². The number of carbonyl (C=O) groups is 2. The zero-order valence-electron chi connectivity index (χ0n) is 15.7. The molecule has 1 amide bonds. The van der Waals surface area contributed by atoms with Gasteiger partial charge in [0.1, 0.15) is 0 Å². The lowest BCUT2D eigenvalue weighted by Crippen LogP contribution is -2.51. The number of carbonyl (C=O) groups excluding carboxylic acids is 1. The summed E-state index contributed by atoms with van der Waals surface area (Å²) in [6.45, 7) is 3.69. The molecular weight excluding hydrogens is 344 g/mol. The van der Waals surface area contributed by atoms with E-state index in [1.807, 2.05) is 31.2 Å². The van der Waals surface area contributed by atoms with Crippen LogP contribution in [0.1, 0.15) is 49.9 Å². The number of ether oxygens (including phenoxy) is 1. The topological polar surface area (TPSA) is 102 Å². The van der Waals surface area contributed by atoms with Crippen LogP contribution in [0.2, 0.25) is 0 Å². The van der Waals surface area contributed by atoms with Gasteiger partial charge in [-0.05, 0) is 49.6 Å². The third-order valence-corrected chi connectivity index (χ3v) is 5.32. The molecule has 0 aliphatic heterocycles. The van der Waals surface area contributed by atoms with Crippen molar-refractivity contribution in [2.24, 2.45) is 0 Å². The third kappa shape index (κ3) is 4.22. The van der Waals surface area contributed by atoms with E-state index in [0.717, 1.165) is 36.5 Å². The van der Waals surface area contributed by atoms with Crippen LogP contribution in [0.25, 0.3) is 10.8 Å². The lowest BCUT2D eigenvalue weighted by Gasteiger charge is -2.32. The molecule has 0 spiro atoms. The highest BCUT2D eigenvalue weighted by molar-refractivity contribution is 6.05. The van der Waals surface area contributed by atoms with E-state index in [1.54, 1.807) is 19.1 Å². The summed E-state index contributed by atoms with van der Waals surface area (Å²) in [6.07, 6.45) is 3.28. The van der Waals surface area contributed by atoms with Gasteiger partial charge in [-0.25, -0.2) is 4.79 Å². The molecule has 6 nitrogen and oxygen atoms in total. The Labute approximate surface area is 158 Å². The molecule has 2 aromatic rings. The maximum absolute atomic E-state index is 12.7. The van der Waals surface area contributed by atoms with Gasteiger partial charge in [-0.15, -0.1) is 0 Å². The highest BCUT2D eigenvalue weighted by Crippen LogP contribution is 2.34. The number of nitrogens with one attached hydrogen (secondary N) is 1. The monoisotopic (exact) mass is 370 g/mol. The van der Waals surface area contributed by atoms with E-state index in [4.69, 9.17) is 10.5 Å². The summed E-state index contributed by atoms with van der Waals surface area (Å²) in [5, 5.41) is 14.0. The normalized spacial score (nSPS) is 18.1. The number of carboxylic acid groups (broad SMARTS) is 1. The zero-order chi connectivity index (χ0) is 19.6. The average molecular weight is 370 g/mol. The van der Waals surface area contributed by atoms with Crippen LogP contribution in [0.5, 0.6) is 0 Å². The van der Waals surface area contributed by atoms with Crippen LogP contribution in [0.15, 0.2) is 36.4 Å². The summed E-state index contributed by atoms with van der Waals surface area (Å²) in [6, 6.07) is 9.81. The second kappa shape index (κ2) is 7.56. The molecule has 6 heteroatoms. The number of anilines is 1. The second-order valence-electron chi connectivity index (χ2n) is 7.56. The van der Waals surface area contributed by atoms with Crippen LogP contribution in [0.4, 0.5) is 5.69 Å². The Bertz CT molecular complexity index is 858. The Morgan fingerprint density at radius 2 is 1.78 bits per heavy atom. The highest BCUT2D eigenvalue weighted by Gasteiger charge is 2.36. The lowest BCUT2D eigenvalue weighted by atomic mass is 10.0. The van der Waals surface area contributed by atoms with Gasteiger partial charge in [-0.2, -0.15) is 0 Å². The fourth-order valence-electron chi connectivity index (χ4n) is 3.81. The minimum atomic E-state index is -1.15. The summed E-state index contributed by atoms with van der Waals surface area (Å²) in [5.74, 6) is -1.64. The maximum atomic E-state index is 12.7. The van der Waals surface area contributed by atoms with Crippen molar-refractivity contribution in [1.82, 2.24) is 5.32 Å². The van der Waals surface area contributed by atoms with Crippen molar-refractivity contribution in [3.63, 3.8) is 0 Å². The van der Waals surface area contributed by atoms with Gasteiger partial charge in [0.05, 0.1) is 17.3 Å². The molecule has 27 heavy (non-hydrogen) atoms. The molecule has 2 atom stereocenters. The number of nitrogens with two attached hydrogens (primary N) is 1. The molecule has 1 fully saturated rings. The van der Waals surface area contributed by atoms with Gasteiger partial charge in [0.15, 0.2) is 6.04 Å². The summed E-state index contributed by atoms with van der Waals surface area (Å²) in [7, 11) is 0. The first-order chi connectivity index (χ1) is 12.8. The number of nitrogen functional groups attached to an aromatic ring is 1. The van der Waals surface area contributed by atoms with E-state index >= 15 is 0 Å². The van der Waals surface area contributed by atoms with E-state index in [-0.39, 0.29) is 11.2 Å². The number of carboxylic acids is 1. The van der Waals surface area contributed by atoms with Gasteiger partial charge < -0.3 is 20.9 Å². The summed E-state index contributed by atoms with van der Waals surface area (Å²) in [5.41, 5.74) is 6.27. The minimum absolute atomic E-state index is 0.263. The first kappa shape index (κ1) is 19.2. The Morgan fingerprint density at radius 3 is 2.37 bits per heavy atom. The first-order valence-corrected chi connectivity index (χ1v) is 9.29. The summed E-state index contributed by atoms with van der Waals surface area (Å²) < 4.78 is 6.03. The van der Waals surface area contributed by atoms with Gasteiger partial charge in [0, 0.05) is 5.69 Å². The van der Waals surface area contributed by atoms with Gasteiger partial charge in [-0.3, -0.25) is 4.79 Å². The molecule has 2 aromatic carbocycles. The molecule has 0 heterocycles. The van der Waals surface area contributed by atoms with Crippen molar-refractivity contribution in [3.8, 4) is 0 Å². The van der Waals surface area contributed by atoms with Gasteiger partial charge >= 0.3 is 5.97 Å². The Hall–Kier alpha value is -2.60. The van der Waals surface area contributed by atoms with Crippen LogP contribution >= 0.6 is 0 Å². The van der Waals surface area contributed by atoms with Gasteiger partial charge in [-0.1, -0.05) is 37.1 Å². The molecule has 0 saturated heterocycles. The summed E-state index contributed by atoms with van der Waals surface area (Å²) in [4.78, 5) is 24.5. The number of aliphatic carboxylic acids is 1. The largest absolute Gasteiger partial charge is 0.480 e. The smallest absolute Gasteiger partial charge is 0.328 e. The molecule has 0 aromatic heterocycles. The molecule has 144 valence electrons. The van der Waals surface area contributed by atoms with Crippen molar-refractivity contribution < 1.29 is 19.4 Å². The van der Waals surface area contributed by atoms with Gasteiger partial charge in [0.2, 0.25) is 0 Å². The Balaban J connectivity index is 1.79. The van der Waals surface area contributed by atoms with Crippen LogP contribution in [0, 0.1) is 0 Å². The third-order valence-electron chi connectivity index (χ3n) is 5.32. The lowest BCUT2D eigenvalue weighted by molar-refractivity contribution is -0.148. The highest BCUT2D eigenvalue weighted by atomic mass is 16.5. The number of rotatable bonds is 6. The van der Waals surface area contributed by atoms with Crippen molar-refractivity contribution >= 4 is 28.3 Å². The van der Waals surface area contributed by atoms with Gasteiger partial charge in [0.25, 0.3) is 5.91 Å². The average Bonchev–Trinajstić information content (AvgIpc) is 3.04. The summed E-state index contributed by atoms with van der Waals surface area (Å²) >= 11 is 0. The molecule has 1 saturated carbocycles. The van der Waals surface area contributed by atoms with E-state index in [0.29, 0.717) is 5.69 Å². The molecule has 0 unspecified atom stereocenters. The predicted molar refractivity (Wildman–Crippen MR) is 105 cm³/mol. The molecule has 1 aliphatic carbocycles. The predicted octanol–water partition coefficient (Wildman–Crippen LogP) is 3.34. The minimum Gasteiger partial charge on any atom is -0.480 e. The molecule has 0 bridgehead atoms. The van der Waals surface area contributed by atoms with E-state index < -0.39 is 24.0 Å². The number of benzene rings is 2.